The summed E-state index contributed by atoms with van der Waals surface area (Å²) in [5.74, 6) is -0.452. The lowest BCUT2D eigenvalue weighted by Gasteiger charge is -2.10. The molecule has 1 aromatic carbocycles. The predicted octanol–water partition coefficient (Wildman–Crippen LogP) is 0.655. The van der Waals surface area contributed by atoms with E-state index >= 15 is 0 Å². The van der Waals surface area contributed by atoms with Crippen molar-refractivity contribution in [1.29, 1.82) is 0 Å². The molecular weight excluding hydrogens is 272 g/mol. The van der Waals surface area contributed by atoms with Crippen LogP contribution in [0.1, 0.15) is 16.8 Å². The zero-order valence-electron chi connectivity index (χ0n) is 11.8. The first-order chi connectivity index (χ1) is 10.1. The average molecular weight is 290 g/mol. The van der Waals surface area contributed by atoms with Crippen LogP contribution >= 0.6 is 0 Å². The zero-order valence-corrected chi connectivity index (χ0v) is 11.8. The minimum absolute atomic E-state index is 0.0648. The smallest absolute Gasteiger partial charge is 0.256 e. The number of aromatic amines is 1. The number of amides is 1. The first-order valence-corrected chi connectivity index (χ1v) is 6.69. The first-order valence-electron chi connectivity index (χ1n) is 6.69. The number of pyridine rings is 1. The van der Waals surface area contributed by atoms with Crippen LogP contribution < -0.4 is 10.7 Å². The van der Waals surface area contributed by atoms with Crippen LogP contribution in [0.25, 0.3) is 10.9 Å². The highest BCUT2D eigenvalue weighted by molar-refractivity contribution is 5.97. The third-order valence-corrected chi connectivity index (χ3v) is 3.16. The lowest BCUT2D eigenvalue weighted by Crippen LogP contribution is -2.31. The van der Waals surface area contributed by atoms with Gasteiger partial charge in [0.25, 0.3) is 5.91 Å². The quantitative estimate of drug-likeness (QED) is 0.728. The largest absolute Gasteiger partial charge is 0.391 e. The molecule has 6 heteroatoms. The summed E-state index contributed by atoms with van der Waals surface area (Å²) >= 11 is 0. The van der Waals surface area contributed by atoms with Crippen molar-refractivity contribution in [2.45, 2.75) is 12.5 Å². The molecule has 0 bridgehead atoms. The van der Waals surface area contributed by atoms with Crippen molar-refractivity contribution in [3.63, 3.8) is 0 Å². The molecular formula is C15H18N2O4. The third-order valence-electron chi connectivity index (χ3n) is 3.16. The summed E-state index contributed by atoms with van der Waals surface area (Å²) in [6.07, 6.45) is 1.14. The predicted molar refractivity (Wildman–Crippen MR) is 79.4 cm³/mol. The van der Waals surface area contributed by atoms with Crippen LogP contribution in [-0.4, -0.2) is 42.4 Å². The van der Waals surface area contributed by atoms with Gasteiger partial charge in [0.1, 0.15) is 5.56 Å². The van der Waals surface area contributed by atoms with Crippen molar-refractivity contribution in [3.8, 4) is 0 Å². The molecule has 0 radical (unpaired) electrons. The number of carbonyl (C=O) groups excluding carboxylic acids is 1. The summed E-state index contributed by atoms with van der Waals surface area (Å²) in [7, 11) is 1.50. The highest BCUT2D eigenvalue weighted by atomic mass is 16.5. The Balaban J connectivity index is 2.06. The van der Waals surface area contributed by atoms with Crippen molar-refractivity contribution >= 4 is 16.8 Å². The van der Waals surface area contributed by atoms with Gasteiger partial charge in [0.2, 0.25) is 5.43 Å². The van der Waals surface area contributed by atoms with E-state index in [-0.39, 0.29) is 24.1 Å². The summed E-state index contributed by atoms with van der Waals surface area (Å²) in [5.41, 5.74) is 0.448. The fourth-order valence-electron chi connectivity index (χ4n) is 2.06. The van der Waals surface area contributed by atoms with E-state index in [1.54, 1.807) is 18.2 Å². The number of methoxy groups -OCH3 is 1. The van der Waals surface area contributed by atoms with Gasteiger partial charge in [-0.3, -0.25) is 9.59 Å². The molecule has 1 heterocycles. The molecule has 0 saturated heterocycles. The van der Waals surface area contributed by atoms with Gasteiger partial charge < -0.3 is 20.1 Å². The molecule has 1 aromatic heterocycles. The molecule has 0 spiro atoms. The van der Waals surface area contributed by atoms with E-state index in [0.29, 0.717) is 17.3 Å². The van der Waals surface area contributed by atoms with E-state index in [1.165, 1.54) is 13.3 Å². The van der Waals surface area contributed by atoms with Gasteiger partial charge in [0.15, 0.2) is 0 Å². The van der Waals surface area contributed by atoms with Gasteiger partial charge in [-0.15, -0.1) is 0 Å². The van der Waals surface area contributed by atoms with E-state index in [4.69, 9.17) is 4.74 Å². The SMILES string of the molecule is COCC(O)CCNC(=O)c1c[nH]c2ccccc2c1=O. The minimum Gasteiger partial charge on any atom is -0.391 e. The Morgan fingerprint density at radius 2 is 2.19 bits per heavy atom. The number of H-pyrrole nitrogens is 1. The highest BCUT2D eigenvalue weighted by Crippen LogP contribution is 2.06. The van der Waals surface area contributed by atoms with Crippen LogP contribution in [0.2, 0.25) is 0 Å². The summed E-state index contributed by atoms with van der Waals surface area (Å²) in [6, 6.07) is 7.02. The fourth-order valence-corrected chi connectivity index (χ4v) is 2.06. The molecule has 0 aliphatic heterocycles. The number of aliphatic hydroxyl groups excluding tert-OH is 1. The summed E-state index contributed by atoms with van der Waals surface area (Å²) < 4.78 is 4.80. The standard InChI is InChI=1S/C15H18N2O4/c1-21-9-10(18)6-7-16-15(20)12-8-17-13-5-3-2-4-11(13)14(12)19/h2-5,8,10,18H,6-7,9H2,1H3,(H,16,20)(H,17,19). The number of hydrogen-bond acceptors (Lipinski definition) is 4. The number of rotatable bonds is 6. The Labute approximate surface area is 121 Å². The van der Waals surface area contributed by atoms with E-state index in [9.17, 15) is 14.7 Å². The molecule has 1 atom stereocenters. The number of ether oxygens (including phenoxy) is 1. The van der Waals surface area contributed by atoms with Gasteiger partial charge in [-0.05, 0) is 18.6 Å². The van der Waals surface area contributed by atoms with E-state index < -0.39 is 12.0 Å². The molecule has 1 amide bonds. The van der Waals surface area contributed by atoms with Crippen molar-refractivity contribution < 1.29 is 14.6 Å². The van der Waals surface area contributed by atoms with Crippen LogP contribution in [0, 0.1) is 0 Å². The van der Waals surface area contributed by atoms with Gasteiger partial charge in [0.05, 0.1) is 12.7 Å². The average Bonchev–Trinajstić information content (AvgIpc) is 2.48. The molecule has 2 rings (SSSR count). The summed E-state index contributed by atoms with van der Waals surface area (Å²) in [6.45, 7) is 0.488. The maximum Gasteiger partial charge on any atom is 0.256 e. The second-order valence-electron chi connectivity index (χ2n) is 4.73. The van der Waals surface area contributed by atoms with E-state index in [0.717, 1.165) is 0 Å². The van der Waals surface area contributed by atoms with Crippen molar-refractivity contribution in [2.24, 2.45) is 0 Å². The lowest BCUT2D eigenvalue weighted by atomic mass is 10.1. The number of hydrogen-bond donors (Lipinski definition) is 3. The molecule has 0 aliphatic rings. The molecule has 21 heavy (non-hydrogen) atoms. The number of benzene rings is 1. The van der Waals surface area contributed by atoms with Crippen molar-refractivity contribution in [3.05, 3.63) is 46.2 Å². The van der Waals surface area contributed by atoms with Crippen LogP contribution in [0.5, 0.6) is 0 Å². The Morgan fingerprint density at radius 3 is 2.95 bits per heavy atom. The van der Waals surface area contributed by atoms with E-state index in [2.05, 4.69) is 10.3 Å². The number of nitrogens with one attached hydrogen (secondary N) is 2. The Bertz CT molecular complexity index is 681. The second-order valence-corrected chi connectivity index (χ2v) is 4.73. The van der Waals surface area contributed by atoms with Crippen molar-refractivity contribution in [2.75, 3.05) is 20.3 Å². The number of fused-ring (bicyclic) bond motifs is 1. The minimum atomic E-state index is -0.634. The molecule has 0 saturated carbocycles. The Morgan fingerprint density at radius 1 is 1.43 bits per heavy atom. The van der Waals surface area contributed by atoms with Gasteiger partial charge in [-0.1, -0.05) is 12.1 Å². The molecule has 1 unspecified atom stereocenters. The van der Waals surface area contributed by atoms with Crippen LogP contribution in [0.4, 0.5) is 0 Å². The fraction of sp³-hybridized carbons (Fsp3) is 0.333. The number of carbonyl (C=O) groups is 1. The van der Waals surface area contributed by atoms with Gasteiger partial charge in [-0.2, -0.15) is 0 Å². The monoisotopic (exact) mass is 290 g/mol. The maximum absolute atomic E-state index is 12.2. The Kier molecular flexibility index (Phi) is 5.08. The number of aliphatic hydroxyl groups is 1. The van der Waals surface area contributed by atoms with Gasteiger partial charge >= 0.3 is 0 Å². The van der Waals surface area contributed by atoms with Crippen LogP contribution in [-0.2, 0) is 4.74 Å². The molecule has 0 aliphatic carbocycles. The summed E-state index contributed by atoms with van der Waals surface area (Å²) in [4.78, 5) is 27.2. The first kappa shape index (κ1) is 15.2. The molecule has 112 valence electrons. The maximum atomic E-state index is 12.2. The number of para-hydroxylation sites is 1. The zero-order chi connectivity index (χ0) is 15.2. The topological polar surface area (TPSA) is 91.4 Å². The van der Waals surface area contributed by atoms with Crippen LogP contribution in [0.3, 0.4) is 0 Å². The Hall–Kier alpha value is -2.18. The third kappa shape index (κ3) is 3.68. The van der Waals surface area contributed by atoms with E-state index in [1.807, 2.05) is 6.07 Å². The number of aromatic nitrogens is 1. The van der Waals surface area contributed by atoms with Gasteiger partial charge in [0, 0.05) is 30.8 Å². The molecule has 2 aromatic rings. The lowest BCUT2D eigenvalue weighted by molar-refractivity contribution is 0.0587. The normalized spacial score (nSPS) is 12.3. The molecule has 6 nitrogen and oxygen atoms in total. The van der Waals surface area contributed by atoms with Gasteiger partial charge in [-0.25, -0.2) is 0 Å². The summed E-state index contributed by atoms with van der Waals surface area (Å²) in [5, 5.41) is 12.6. The second kappa shape index (κ2) is 7.01. The molecule has 0 fully saturated rings. The van der Waals surface area contributed by atoms with Crippen molar-refractivity contribution in [1.82, 2.24) is 10.3 Å². The highest BCUT2D eigenvalue weighted by Gasteiger charge is 2.13. The molecule has 3 N–H and O–H groups in total. The van der Waals surface area contributed by atoms with Crippen LogP contribution in [0.15, 0.2) is 35.3 Å².